The summed E-state index contributed by atoms with van der Waals surface area (Å²) in [5.74, 6) is 0.849. The molecular formula is C16H24N2O2. The lowest BCUT2D eigenvalue weighted by Crippen LogP contribution is -2.45. The van der Waals surface area contributed by atoms with E-state index in [0.717, 1.165) is 25.3 Å². The zero-order valence-corrected chi connectivity index (χ0v) is 12.6. The molecule has 1 atom stereocenters. The Morgan fingerprint density at radius 3 is 2.90 bits per heavy atom. The number of nitrogens with one attached hydrogen (secondary N) is 1. The maximum Gasteiger partial charge on any atom is 0.254 e. The van der Waals surface area contributed by atoms with Crippen LogP contribution in [-0.2, 0) is 0 Å². The fourth-order valence-corrected chi connectivity index (χ4v) is 2.73. The number of hydrogen-bond acceptors (Lipinski definition) is 3. The molecule has 0 radical (unpaired) electrons. The number of ether oxygens (including phenoxy) is 1. The second-order valence-electron chi connectivity index (χ2n) is 5.41. The van der Waals surface area contributed by atoms with Crippen molar-refractivity contribution in [2.75, 3.05) is 19.7 Å². The van der Waals surface area contributed by atoms with Crippen LogP contribution in [0.1, 0.15) is 37.6 Å². The summed E-state index contributed by atoms with van der Waals surface area (Å²) >= 11 is 0. The summed E-state index contributed by atoms with van der Waals surface area (Å²) in [7, 11) is 0. The molecule has 1 unspecified atom stereocenters. The van der Waals surface area contributed by atoms with Gasteiger partial charge in [-0.3, -0.25) is 4.79 Å². The van der Waals surface area contributed by atoms with Crippen LogP contribution in [0.4, 0.5) is 0 Å². The highest BCUT2D eigenvalue weighted by atomic mass is 16.5. The van der Waals surface area contributed by atoms with E-state index in [-0.39, 0.29) is 11.9 Å². The number of amides is 1. The van der Waals surface area contributed by atoms with Gasteiger partial charge in [-0.2, -0.15) is 0 Å². The van der Waals surface area contributed by atoms with Gasteiger partial charge in [0.1, 0.15) is 5.75 Å². The number of hydrogen-bond donors (Lipinski definition) is 1. The first-order valence-electron chi connectivity index (χ1n) is 7.39. The monoisotopic (exact) mass is 276 g/mol. The van der Waals surface area contributed by atoms with Gasteiger partial charge < -0.3 is 15.0 Å². The Balaban J connectivity index is 2.20. The maximum absolute atomic E-state index is 12.8. The van der Waals surface area contributed by atoms with E-state index < -0.39 is 0 Å². The number of carbonyl (C=O) groups excluding carboxylic acids is 1. The van der Waals surface area contributed by atoms with E-state index in [1.165, 1.54) is 0 Å². The molecule has 1 heterocycles. The smallest absolute Gasteiger partial charge is 0.254 e. The largest absolute Gasteiger partial charge is 0.494 e. The minimum absolute atomic E-state index is 0.0928. The Labute approximate surface area is 121 Å². The average molecular weight is 276 g/mol. The predicted molar refractivity (Wildman–Crippen MR) is 80.2 cm³/mol. The van der Waals surface area contributed by atoms with Gasteiger partial charge in [0.15, 0.2) is 0 Å². The lowest BCUT2D eigenvalue weighted by atomic mass is 10.1. The van der Waals surface area contributed by atoms with Crippen molar-refractivity contribution in [3.63, 3.8) is 0 Å². The van der Waals surface area contributed by atoms with Crippen molar-refractivity contribution in [3.05, 3.63) is 29.8 Å². The molecule has 1 aromatic rings. The summed E-state index contributed by atoms with van der Waals surface area (Å²) in [6.07, 6.45) is 1.02. The first-order valence-corrected chi connectivity index (χ1v) is 7.39. The van der Waals surface area contributed by atoms with Crippen LogP contribution in [0.5, 0.6) is 5.75 Å². The first kappa shape index (κ1) is 14.9. The SMILES string of the molecule is CCOc1cccc(C(=O)N(C(C)C)C2CCNC2)c1. The summed E-state index contributed by atoms with van der Waals surface area (Å²) in [5.41, 5.74) is 0.705. The number of carbonyl (C=O) groups is 1. The Morgan fingerprint density at radius 1 is 1.50 bits per heavy atom. The third kappa shape index (κ3) is 3.31. The van der Waals surface area contributed by atoms with Crippen LogP contribution in [0.3, 0.4) is 0 Å². The van der Waals surface area contributed by atoms with Gasteiger partial charge in [0, 0.05) is 24.2 Å². The normalized spacial score (nSPS) is 18.3. The van der Waals surface area contributed by atoms with Crippen molar-refractivity contribution >= 4 is 5.91 Å². The van der Waals surface area contributed by atoms with Crippen LogP contribution in [0.15, 0.2) is 24.3 Å². The summed E-state index contributed by atoms with van der Waals surface area (Å²) in [6.45, 7) is 8.57. The van der Waals surface area contributed by atoms with E-state index in [9.17, 15) is 4.79 Å². The van der Waals surface area contributed by atoms with Gasteiger partial charge in [-0.25, -0.2) is 0 Å². The van der Waals surface area contributed by atoms with Gasteiger partial charge in [-0.15, -0.1) is 0 Å². The molecule has 4 nitrogen and oxygen atoms in total. The van der Waals surface area contributed by atoms with Crippen molar-refractivity contribution in [1.29, 1.82) is 0 Å². The minimum Gasteiger partial charge on any atom is -0.494 e. The highest BCUT2D eigenvalue weighted by Crippen LogP contribution is 2.20. The van der Waals surface area contributed by atoms with Crippen LogP contribution in [0, 0.1) is 0 Å². The molecule has 0 bridgehead atoms. The molecule has 2 rings (SSSR count). The molecule has 0 saturated carbocycles. The second-order valence-corrected chi connectivity index (χ2v) is 5.41. The van der Waals surface area contributed by atoms with Gasteiger partial charge in [0.05, 0.1) is 6.61 Å². The zero-order valence-electron chi connectivity index (χ0n) is 12.6. The third-order valence-electron chi connectivity index (χ3n) is 3.61. The number of rotatable bonds is 5. The van der Waals surface area contributed by atoms with Crippen molar-refractivity contribution < 1.29 is 9.53 Å². The second kappa shape index (κ2) is 6.75. The minimum atomic E-state index is 0.0928. The lowest BCUT2D eigenvalue weighted by Gasteiger charge is -2.32. The number of nitrogens with zero attached hydrogens (tertiary/aromatic N) is 1. The quantitative estimate of drug-likeness (QED) is 0.897. The van der Waals surface area contributed by atoms with Gasteiger partial charge in [-0.05, 0) is 51.9 Å². The Kier molecular flexibility index (Phi) is 5.01. The molecule has 1 amide bonds. The lowest BCUT2D eigenvalue weighted by molar-refractivity contribution is 0.0626. The molecule has 1 N–H and O–H groups in total. The highest BCUT2D eigenvalue weighted by molar-refractivity contribution is 5.95. The summed E-state index contributed by atoms with van der Waals surface area (Å²) in [4.78, 5) is 14.8. The van der Waals surface area contributed by atoms with Crippen LogP contribution in [0.25, 0.3) is 0 Å². The van der Waals surface area contributed by atoms with E-state index in [1.807, 2.05) is 36.1 Å². The molecule has 0 spiro atoms. The van der Waals surface area contributed by atoms with E-state index >= 15 is 0 Å². The van der Waals surface area contributed by atoms with Gasteiger partial charge in [0.25, 0.3) is 5.91 Å². The molecule has 1 aromatic carbocycles. The summed E-state index contributed by atoms with van der Waals surface area (Å²) in [5, 5.41) is 3.33. The van der Waals surface area contributed by atoms with E-state index in [0.29, 0.717) is 18.2 Å². The topological polar surface area (TPSA) is 41.6 Å². The molecular weight excluding hydrogens is 252 g/mol. The van der Waals surface area contributed by atoms with Crippen LogP contribution in [-0.4, -0.2) is 42.6 Å². The molecule has 4 heteroatoms. The van der Waals surface area contributed by atoms with Gasteiger partial charge in [0.2, 0.25) is 0 Å². The fraction of sp³-hybridized carbons (Fsp3) is 0.562. The average Bonchev–Trinajstić information content (AvgIpc) is 2.93. The van der Waals surface area contributed by atoms with Crippen LogP contribution < -0.4 is 10.1 Å². The molecule has 20 heavy (non-hydrogen) atoms. The summed E-state index contributed by atoms with van der Waals surface area (Å²) in [6, 6.07) is 7.95. The Bertz CT molecular complexity index is 454. The molecule has 1 aliphatic heterocycles. The van der Waals surface area contributed by atoms with Crippen molar-refractivity contribution in [3.8, 4) is 5.75 Å². The third-order valence-corrected chi connectivity index (χ3v) is 3.61. The summed E-state index contributed by atoms with van der Waals surface area (Å²) < 4.78 is 5.48. The molecule has 0 aromatic heterocycles. The van der Waals surface area contributed by atoms with E-state index in [1.54, 1.807) is 0 Å². The predicted octanol–water partition coefficient (Wildman–Crippen LogP) is 2.30. The van der Waals surface area contributed by atoms with Gasteiger partial charge in [-0.1, -0.05) is 6.07 Å². The molecule has 1 fully saturated rings. The van der Waals surface area contributed by atoms with E-state index in [2.05, 4.69) is 19.2 Å². The van der Waals surface area contributed by atoms with Crippen molar-refractivity contribution in [2.45, 2.75) is 39.3 Å². The maximum atomic E-state index is 12.8. The van der Waals surface area contributed by atoms with E-state index in [4.69, 9.17) is 4.74 Å². The van der Waals surface area contributed by atoms with Gasteiger partial charge >= 0.3 is 0 Å². The van der Waals surface area contributed by atoms with Crippen LogP contribution in [0.2, 0.25) is 0 Å². The number of benzene rings is 1. The van der Waals surface area contributed by atoms with Crippen LogP contribution >= 0.6 is 0 Å². The molecule has 1 aliphatic rings. The zero-order chi connectivity index (χ0) is 14.5. The molecule has 110 valence electrons. The standard InChI is InChI=1S/C16H24N2O2/c1-4-20-15-7-5-6-13(10-15)16(19)18(12(2)3)14-8-9-17-11-14/h5-7,10,12,14,17H,4,8-9,11H2,1-3H3. The van der Waals surface area contributed by atoms with Crippen molar-refractivity contribution in [2.24, 2.45) is 0 Å². The molecule has 1 saturated heterocycles. The highest BCUT2D eigenvalue weighted by Gasteiger charge is 2.29. The first-order chi connectivity index (χ1) is 9.63. The van der Waals surface area contributed by atoms with Crippen molar-refractivity contribution in [1.82, 2.24) is 10.2 Å². The Morgan fingerprint density at radius 2 is 2.30 bits per heavy atom. The molecule has 0 aliphatic carbocycles. The Hall–Kier alpha value is -1.55. The fourth-order valence-electron chi connectivity index (χ4n) is 2.73.